The Labute approximate surface area is 243 Å². The lowest BCUT2D eigenvalue weighted by Crippen LogP contribution is -2.55. The number of carbonyl (C=O) groups excluding carboxylic acids is 3. The topological polar surface area (TPSA) is 146 Å². The second-order valence-corrected chi connectivity index (χ2v) is 10.7. The van der Waals surface area contributed by atoms with E-state index in [1.165, 1.54) is 18.9 Å². The molecule has 1 aliphatic carbocycles. The molecule has 4 rings (SSSR count). The quantitative estimate of drug-likeness (QED) is 0.296. The van der Waals surface area contributed by atoms with E-state index >= 15 is 0 Å². The van der Waals surface area contributed by atoms with E-state index in [1.54, 1.807) is 42.5 Å². The number of fused-ring (bicyclic) bond motifs is 3. The van der Waals surface area contributed by atoms with Gasteiger partial charge in [0.2, 0.25) is 11.8 Å². The predicted molar refractivity (Wildman–Crippen MR) is 151 cm³/mol. The summed E-state index contributed by atoms with van der Waals surface area (Å²) in [6.45, 7) is 1.04. The van der Waals surface area contributed by atoms with Gasteiger partial charge in [-0.25, -0.2) is 0 Å². The van der Waals surface area contributed by atoms with Gasteiger partial charge in [-0.3, -0.25) is 9.59 Å². The fourth-order valence-corrected chi connectivity index (χ4v) is 5.52. The number of ketones is 1. The van der Waals surface area contributed by atoms with Crippen LogP contribution >= 0.6 is 11.6 Å². The number of nitrogens with one attached hydrogen (secondary N) is 1. The van der Waals surface area contributed by atoms with Crippen molar-refractivity contribution in [1.82, 2.24) is 10.2 Å². The molecule has 4 unspecified atom stereocenters. The molecule has 220 valence electrons. The van der Waals surface area contributed by atoms with E-state index in [-0.39, 0.29) is 56.4 Å². The maximum Gasteiger partial charge on any atom is 0.247 e. The van der Waals surface area contributed by atoms with Gasteiger partial charge in [0.25, 0.3) is 0 Å². The zero-order valence-corrected chi connectivity index (χ0v) is 23.8. The SMILES string of the molecule is COc1cc(CO)cc2c1OC1C2C(C(=O)NCCO)=CC(N(Cc2ccc(Cl)cc2)C(=O)CCCC(C)=O)C1O. The minimum Gasteiger partial charge on any atom is -0.493 e. The molecule has 2 amide bonds. The van der Waals surface area contributed by atoms with Gasteiger partial charge in [0.1, 0.15) is 18.0 Å². The molecule has 0 spiro atoms. The average Bonchev–Trinajstić information content (AvgIpc) is 3.35. The van der Waals surface area contributed by atoms with Crippen LogP contribution in [0, 0.1) is 0 Å². The highest BCUT2D eigenvalue weighted by Crippen LogP contribution is 2.51. The van der Waals surface area contributed by atoms with Gasteiger partial charge in [0, 0.05) is 42.1 Å². The van der Waals surface area contributed by atoms with E-state index < -0.39 is 30.1 Å². The molecule has 2 aliphatic rings. The van der Waals surface area contributed by atoms with Gasteiger partial charge in [-0.1, -0.05) is 23.7 Å². The number of methoxy groups -OCH3 is 1. The fraction of sp³-hybridized carbons (Fsp3) is 0.433. The van der Waals surface area contributed by atoms with Crippen molar-refractivity contribution in [3.05, 3.63) is 69.8 Å². The van der Waals surface area contributed by atoms with Crippen molar-refractivity contribution in [2.45, 2.75) is 63.5 Å². The Morgan fingerprint density at radius 3 is 2.46 bits per heavy atom. The van der Waals surface area contributed by atoms with Gasteiger partial charge < -0.3 is 39.8 Å². The lowest BCUT2D eigenvalue weighted by molar-refractivity contribution is -0.138. The van der Waals surface area contributed by atoms with Gasteiger partial charge >= 0.3 is 0 Å². The molecule has 0 saturated carbocycles. The van der Waals surface area contributed by atoms with Crippen LogP contribution in [0.3, 0.4) is 0 Å². The number of aliphatic hydroxyl groups excluding tert-OH is 3. The Bertz CT molecular complexity index is 1310. The first kappa shape index (κ1) is 30.5. The largest absolute Gasteiger partial charge is 0.493 e. The number of carbonyl (C=O) groups is 3. The van der Waals surface area contributed by atoms with Crippen LogP contribution in [0.25, 0.3) is 0 Å². The summed E-state index contributed by atoms with van der Waals surface area (Å²) in [5, 5.41) is 34.1. The molecule has 0 saturated heterocycles. The lowest BCUT2D eigenvalue weighted by Gasteiger charge is -2.41. The molecule has 2 aromatic rings. The van der Waals surface area contributed by atoms with Crippen molar-refractivity contribution in [1.29, 1.82) is 0 Å². The second-order valence-electron chi connectivity index (χ2n) is 10.2. The number of hydrogen-bond donors (Lipinski definition) is 4. The first-order chi connectivity index (χ1) is 19.7. The minimum atomic E-state index is -1.24. The molecule has 1 heterocycles. The predicted octanol–water partition coefficient (Wildman–Crippen LogP) is 2.25. The van der Waals surface area contributed by atoms with Crippen LogP contribution in [0.2, 0.25) is 5.02 Å². The summed E-state index contributed by atoms with van der Waals surface area (Å²) in [6, 6.07) is 9.34. The molecule has 10 nitrogen and oxygen atoms in total. The van der Waals surface area contributed by atoms with Crippen LogP contribution in [0.1, 0.15) is 48.8 Å². The molecule has 2 aromatic carbocycles. The number of hydrogen-bond acceptors (Lipinski definition) is 8. The van der Waals surface area contributed by atoms with Gasteiger partial charge in [0.05, 0.1) is 32.3 Å². The molecule has 4 N–H and O–H groups in total. The standard InChI is InChI=1S/C30H35ClN2O8/c1-17(36)4-3-5-25(37)33(15-18-6-8-20(31)9-7-18)23-14-22(30(39)32-10-11-34)26-21-12-19(16-35)13-24(40-2)28(21)41-29(26)27(23)38/h6-9,12-14,23,26-27,29,34-35,38H,3-5,10-11,15-16H2,1-2H3,(H,32,39). The number of benzene rings is 2. The Balaban J connectivity index is 1.78. The third-order valence-corrected chi connectivity index (χ3v) is 7.61. The first-order valence-corrected chi connectivity index (χ1v) is 13.9. The Morgan fingerprint density at radius 2 is 1.83 bits per heavy atom. The lowest BCUT2D eigenvalue weighted by atomic mass is 9.77. The maximum atomic E-state index is 13.6. The van der Waals surface area contributed by atoms with E-state index in [9.17, 15) is 29.7 Å². The van der Waals surface area contributed by atoms with Crippen molar-refractivity contribution in [3.63, 3.8) is 0 Å². The number of Topliss-reactive ketones (excluding diaryl/α,β-unsaturated/α-hetero) is 1. The van der Waals surface area contributed by atoms with Gasteiger partial charge in [-0.05, 0) is 54.8 Å². The Kier molecular flexibility index (Phi) is 10.0. The molecular weight excluding hydrogens is 552 g/mol. The summed E-state index contributed by atoms with van der Waals surface area (Å²) in [5.41, 5.74) is 2.13. The van der Waals surface area contributed by atoms with Crippen LogP contribution in [0.5, 0.6) is 11.5 Å². The van der Waals surface area contributed by atoms with E-state index in [1.807, 2.05) is 0 Å². The number of rotatable bonds is 12. The van der Waals surface area contributed by atoms with Crippen molar-refractivity contribution < 1.29 is 39.2 Å². The number of ether oxygens (including phenoxy) is 2. The molecule has 4 atom stereocenters. The van der Waals surface area contributed by atoms with Crippen molar-refractivity contribution >= 4 is 29.2 Å². The van der Waals surface area contributed by atoms with Crippen molar-refractivity contribution in [2.24, 2.45) is 0 Å². The van der Waals surface area contributed by atoms with Crippen LogP contribution in [-0.4, -0.2) is 76.3 Å². The third kappa shape index (κ3) is 6.73. The zero-order valence-electron chi connectivity index (χ0n) is 23.0. The molecule has 41 heavy (non-hydrogen) atoms. The van der Waals surface area contributed by atoms with Crippen LogP contribution < -0.4 is 14.8 Å². The van der Waals surface area contributed by atoms with Crippen LogP contribution in [0.15, 0.2) is 48.0 Å². The smallest absolute Gasteiger partial charge is 0.247 e. The molecular formula is C30H35ClN2O8. The molecule has 0 aromatic heterocycles. The number of nitrogens with zero attached hydrogens (tertiary/aromatic N) is 1. The Morgan fingerprint density at radius 1 is 1.10 bits per heavy atom. The maximum absolute atomic E-state index is 13.6. The highest BCUT2D eigenvalue weighted by molar-refractivity contribution is 6.30. The molecule has 0 fully saturated rings. The minimum absolute atomic E-state index is 0.00691. The van der Waals surface area contributed by atoms with Crippen LogP contribution in [0.4, 0.5) is 0 Å². The molecule has 11 heteroatoms. The summed E-state index contributed by atoms with van der Waals surface area (Å²) in [6.07, 6.45) is 0.0433. The van der Waals surface area contributed by atoms with Gasteiger partial charge in [-0.15, -0.1) is 0 Å². The third-order valence-electron chi connectivity index (χ3n) is 7.36. The van der Waals surface area contributed by atoms with Crippen molar-refractivity contribution in [3.8, 4) is 11.5 Å². The van der Waals surface area contributed by atoms with E-state index in [4.69, 9.17) is 21.1 Å². The number of aliphatic hydroxyl groups is 3. The molecule has 1 aliphatic heterocycles. The van der Waals surface area contributed by atoms with Crippen LogP contribution in [-0.2, 0) is 27.5 Å². The Hall–Kier alpha value is -3.44. The summed E-state index contributed by atoms with van der Waals surface area (Å²) in [5.74, 6) is -0.841. The van der Waals surface area contributed by atoms with E-state index in [0.717, 1.165) is 5.56 Å². The van der Waals surface area contributed by atoms with Crippen molar-refractivity contribution in [2.75, 3.05) is 20.3 Å². The first-order valence-electron chi connectivity index (χ1n) is 13.5. The highest BCUT2D eigenvalue weighted by Gasteiger charge is 2.51. The summed E-state index contributed by atoms with van der Waals surface area (Å²) < 4.78 is 11.7. The monoisotopic (exact) mass is 586 g/mol. The average molecular weight is 587 g/mol. The summed E-state index contributed by atoms with van der Waals surface area (Å²) in [4.78, 5) is 40.1. The fourth-order valence-electron chi connectivity index (χ4n) is 5.40. The summed E-state index contributed by atoms with van der Waals surface area (Å²) in [7, 11) is 1.46. The summed E-state index contributed by atoms with van der Waals surface area (Å²) >= 11 is 6.06. The number of halogens is 1. The normalized spacial score (nSPS) is 20.8. The van der Waals surface area contributed by atoms with E-state index in [0.29, 0.717) is 34.1 Å². The van der Waals surface area contributed by atoms with Gasteiger partial charge in [0.15, 0.2) is 11.5 Å². The second kappa shape index (κ2) is 13.5. The molecule has 0 bridgehead atoms. The number of amides is 2. The highest BCUT2D eigenvalue weighted by atomic mass is 35.5. The zero-order chi connectivity index (χ0) is 29.7. The van der Waals surface area contributed by atoms with E-state index in [2.05, 4.69) is 5.32 Å². The van der Waals surface area contributed by atoms with Gasteiger partial charge in [-0.2, -0.15) is 0 Å². The molecule has 0 radical (unpaired) electrons.